The molecule has 3 aromatic rings. The number of aromatic nitrogens is 1. The number of carbonyl (C=O) groups is 1. The van der Waals surface area contributed by atoms with Crippen molar-refractivity contribution < 1.29 is 13.2 Å². The first-order chi connectivity index (χ1) is 14.4. The highest BCUT2D eigenvalue weighted by Gasteiger charge is 2.25. The highest BCUT2D eigenvalue weighted by molar-refractivity contribution is 7.98. The highest BCUT2D eigenvalue weighted by Crippen LogP contribution is 2.18. The van der Waals surface area contributed by atoms with E-state index >= 15 is 0 Å². The van der Waals surface area contributed by atoms with Gasteiger partial charge in [-0.2, -0.15) is 16.5 Å². The van der Waals surface area contributed by atoms with Gasteiger partial charge >= 0.3 is 0 Å². The van der Waals surface area contributed by atoms with Gasteiger partial charge in [-0.05, 0) is 55.5 Å². The van der Waals surface area contributed by atoms with Crippen molar-refractivity contribution in [3.05, 3.63) is 65.9 Å². The normalized spacial score (nSPS) is 12.7. The van der Waals surface area contributed by atoms with E-state index in [0.29, 0.717) is 25.1 Å². The van der Waals surface area contributed by atoms with Crippen LogP contribution < -0.4 is 10.0 Å². The summed E-state index contributed by atoms with van der Waals surface area (Å²) in [5.41, 5.74) is 3.15. The Morgan fingerprint density at radius 1 is 1.13 bits per heavy atom. The lowest BCUT2D eigenvalue weighted by Crippen LogP contribution is -2.47. The van der Waals surface area contributed by atoms with Gasteiger partial charge in [0.1, 0.15) is 6.04 Å². The average molecular weight is 446 g/mol. The van der Waals surface area contributed by atoms with E-state index in [4.69, 9.17) is 0 Å². The maximum absolute atomic E-state index is 12.7. The number of hydrogen-bond acceptors (Lipinski definition) is 4. The molecule has 3 N–H and O–H groups in total. The SMILES string of the molecule is CSCC[C@H](NS(=O)(=O)c1ccc(C)cc1)C(=O)NCCc1c[nH]c2ccccc12. The van der Waals surface area contributed by atoms with Crippen LogP contribution in [-0.4, -0.2) is 43.9 Å². The number of sulfonamides is 1. The van der Waals surface area contributed by atoms with Crippen molar-refractivity contribution in [3.8, 4) is 0 Å². The van der Waals surface area contributed by atoms with Gasteiger partial charge in [-0.3, -0.25) is 4.79 Å². The summed E-state index contributed by atoms with van der Waals surface area (Å²) < 4.78 is 28.0. The van der Waals surface area contributed by atoms with Crippen LogP contribution in [0.1, 0.15) is 17.5 Å². The first kappa shape index (κ1) is 22.4. The van der Waals surface area contributed by atoms with Crippen LogP contribution >= 0.6 is 11.8 Å². The molecule has 0 bridgehead atoms. The predicted molar refractivity (Wildman–Crippen MR) is 123 cm³/mol. The molecule has 0 aliphatic carbocycles. The van der Waals surface area contributed by atoms with E-state index in [1.54, 1.807) is 36.0 Å². The fourth-order valence-corrected chi connectivity index (χ4v) is 4.94. The Bertz CT molecular complexity index is 1090. The van der Waals surface area contributed by atoms with Gasteiger partial charge in [-0.1, -0.05) is 35.9 Å². The summed E-state index contributed by atoms with van der Waals surface area (Å²) in [6, 6.07) is 13.8. The van der Waals surface area contributed by atoms with Gasteiger partial charge in [0.25, 0.3) is 0 Å². The van der Waals surface area contributed by atoms with Gasteiger partial charge in [0.15, 0.2) is 0 Å². The molecule has 0 fully saturated rings. The van der Waals surface area contributed by atoms with Crippen molar-refractivity contribution in [3.63, 3.8) is 0 Å². The molecule has 3 rings (SSSR count). The minimum Gasteiger partial charge on any atom is -0.361 e. The second kappa shape index (κ2) is 10.1. The molecular weight excluding hydrogens is 418 g/mol. The molecule has 30 heavy (non-hydrogen) atoms. The number of benzene rings is 2. The quantitative estimate of drug-likeness (QED) is 0.447. The van der Waals surface area contributed by atoms with Crippen molar-refractivity contribution in [1.82, 2.24) is 15.0 Å². The van der Waals surface area contributed by atoms with Crippen LogP contribution in [0.4, 0.5) is 0 Å². The van der Waals surface area contributed by atoms with E-state index in [1.165, 1.54) is 0 Å². The summed E-state index contributed by atoms with van der Waals surface area (Å²) in [6.07, 6.45) is 4.96. The Balaban J connectivity index is 1.63. The van der Waals surface area contributed by atoms with Gasteiger partial charge in [-0.15, -0.1) is 0 Å². The molecule has 0 spiro atoms. The van der Waals surface area contributed by atoms with Gasteiger partial charge in [0.05, 0.1) is 4.90 Å². The summed E-state index contributed by atoms with van der Waals surface area (Å²) in [6.45, 7) is 2.33. The number of fused-ring (bicyclic) bond motifs is 1. The number of thioether (sulfide) groups is 1. The van der Waals surface area contributed by atoms with Gasteiger partial charge in [0, 0.05) is 23.6 Å². The number of carbonyl (C=O) groups excluding carboxylic acids is 1. The van der Waals surface area contributed by atoms with E-state index in [-0.39, 0.29) is 10.8 Å². The maximum atomic E-state index is 12.7. The molecule has 8 heteroatoms. The van der Waals surface area contributed by atoms with Crippen LogP contribution in [0.25, 0.3) is 10.9 Å². The molecule has 0 saturated heterocycles. The Morgan fingerprint density at radius 2 is 1.87 bits per heavy atom. The third-order valence-electron chi connectivity index (χ3n) is 4.92. The lowest BCUT2D eigenvalue weighted by atomic mass is 10.1. The number of para-hydroxylation sites is 1. The van der Waals surface area contributed by atoms with Crippen LogP contribution in [0.15, 0.2) is 59.6 Å². The number of H-pyrrole nitrogens is 1. The number of amides is 1. The molecule has 1 aromatic heterocycles. The Labute approximate surface area is 181 Å². The third-order valence-corrected chi connectivity index (χ3v) is 7.06. The standard InChI is InChI=1S/C22H27N3O3S2/c1-16-7-9-18(10-8-16)30(27,28)25-21(12-14-29-2)22(26)23-13-11-17-15-24-20-6-4-3-5-19(17)20/h3-10,15,21,24-25H,11-14H2,1-2H3,(H,23,26)/t21-/m0/s1. The van der Waals surface area contributed by atoms with Crippen LogP contribution in [0.5, 0.6) is 0 Å². The third kappa shape index (κ3) is 5.65. The van der Waals surface area contributed by atoms with E-state index in [0.717, 1.165) is 22.0 Å². The predicted octanol–water partition coefficient (Wildman–Crippen LogP) is 3.24. The van der Waals surface area contributed by atoms with E-state index in [9.17, 15) is 13.2 Å². The molecule has 6 nitrogen and oxygen atoms in total. The van der Waals surface area contributed by atoms with Crippen molar-refractivity contribution in [1.29, 1.82) is 0 Å². The smallest absolute Gasteiger partial charge is 0.241 e. The summed E-state index contributed by atoms with van der Waals surface area (Å²) >= 11 is 1.58. The lowest BCUT2D eigenvalue weighted by Gasteiger charge is -2.18. The van der Waals surface area contributed by atoms with Gasteiger partial charge < -0.3 is 10.3 Å². The minimum absolute atomic E-state index is 0.161. The zero-order chi connectivity index (χ0) is 21.6. The average Bonchev–Trinajstić information content (AvgIpc) is 3.14. The first-order valence-electron chi connectivity index (χ1n) is 9.81. The highest BCUT2D eigenvalue weighted by atomic mass is 32.2. The number of rotatable bonds is 10. The molecular formula is C22H27N3O3S2. The minimum atomic E-state index is -3.77. The molecule has 1 atom stereocenters. The summed E-state index contributed by atoms with van der Waals surface area (Å²) in [7, 11) is -3.77. The zero-order valence-corrected chi connectivity index (χ0v) is 18.8. The molecule has 0 aliphatic rings. The number of aryl methyl sites for hydroxylation is 1. The molecule has 1 heterocycles. The monoisotopic (exact) mass is 445 g/mol. The van der Waals surface area contributed by atoms with Gasteiger partial charge in [0.2, 0.25) is 15.9 Å². The fourth-order valence-electron chi connectivity index (χ4n) is 3.23. The first-order valence-corrected chi connectivity index (χ1v) is 12.7. The van der Waals surface area contributed by atoms with Crippen LogP contribution in [0.3, 0.4) is 0 Å². The maximum Gasteiger partial charge on any atom is 0.241 e. The largest absolute Gasteiger partial charge is 0.361 e. The van der Waals surface area contributed by atoms with Crippen LogP contribution in [-0.2, 0) is 21.2 Å². The number of hydrogen-bond donors (Lipinski definition) is 3. The van der Waals surface area contributed by atoms with E-state index in [1.807, 2.05) is 43.6 Å². The topological polar surface area (TPSA) is 91.1 Å². The fraction of sp³-hybridized carbons (Fsp3) is 0.318. The van der Waals surface area contributed by atoms with Crippen LogP contribution in [0, 0.1) is 6.92 Å². The molecule has 0 radical (unpaired) electrons. The summed E-state index contributed by atoms with van der Waals surface area (Å²) in [5, 5.41) is 4.02. The summed E-state index contributed by atoms with van der Waals surface area (Å²) in [5.74, 6) is 0.372. The van der Waals surface area contributed by atoms with E-state index in [2.05, 4.69) is 15.0 Å². The number of nitrogens with one attached hydrogen (secondary N) is 3. The Morgan fingerprint density at radius 3 is 2.60 bits per heavy atom. The number of aromatic amines is 1. The zero-order valence-electron chi connectivity index (χ0n) is 17.1. The van der Waals surface area contributed by atoms with Gasteiger partial charge in [-0.25, -0.2) is 8.42 Å². The molecule has 160 valence electrons. The molecule has 2 aromatic carbocycles. The Kier molecular flexibility index (Phi) is 7.58. The van der Waals surface area contributed by atoms with Crippen molar-refractivity contribution in [2.45, 2.75) is 30.7 Å². The molecule has 1 amide bonds. The van der Waals surface area contributed by atoms with E-state index < -0.39 is 16.1 Å². The lowest BCUT2D eigenvalue weighted by molar-refractivity contribution is -0.122. The second-order valence-corrected chi connectivity index (χ2v) is 9.87. The van der Waals surface area contributed by atoms with Crippen molar-refractivity contribution in [2.75, 3.05) is 18.6 Å². The molecule has 0 saturated carbocycles. The Hall–Kier alpha value is -2.29. The second-order valence-electron chi connectivity index (χ2n) is 7.17. The van der Waals surface area contributed by atoms with Crippen LogP contribution in [0.2, 0.25) is 0 Å². The summed E-state index contributed by atoms with van der Waals surface area (Å²) in [4.78, 5) is 16.1. The molecule has 0 aliphatic heterocycles. The van der Waals surface area contributed by atoms with Crippen molar-refractivity contribution in [2.24, 2.45) is 0 Å². The molecule has 0 unspecified atom stereocenters. The van der Waals surface area contributed by atoms with Crippen molar-refractivity contribution >= 4 is 38.6 Å².